The monoisotopic (exact) mass is 322 g/mol. The molecule has 1 aromatic carbocycles. The molecule has 0 bridgehead atoms. The van der Waals surface area contributed by atoms with Gasteiger partial charge in [0.2, 0.25) is 6.29 Å². The number of benzene rings is 1. The Morgan fingerprint density at radius 3 is 2.68 bits per heavy atom. The van der Waals surface area contributed by atoms with E-state index in [-0.39, 0.29) is 0 Å². The average molecular weight is 323 g/mol. The number of methoxy groups -OCH3 is 2. The van der Waals surface area contributed by atoms with E-state index in [1.807, 2.05) is 18.2 Å². The highest BCUT2D eigenvalue weighted by Gasteiger charge is 2.11. The van der Waals surface area contributed by atoms with Gasteiger partial charge in [-0.2, -0.15) is 0 Å². The Kier molecular flexibility index (Phi) is 5.01. The van der Waals surface area contributed by atoms with Gasteiger partial charge in [-0.25, -0.2) is 9.97 Å². The van der Waals surface area contributed by atoms with Crippen LogP contribution >= 0.6 is 15.9 Å². The summed E-state index contributed by atoms with van der Waals surface area (Å²) in [4.78, 5) is 8.74. The topological polar surface area (TPSA) is 44.2 Å². The average Bonchev–Trinajstić information content (AvgIpc) is 2.41. The summed E-state index contributed by atoms with van der Waals surface area (Å²) in [6.07, 6.45) is 1.94. The summed E-state index contributed by atoms with van der Waals surface area (Å²) in [6, 6.07) is 9.89. The van der Waals surface area contributed by atoms with Gasteiger partial charge < -0.3 is 9.47 Å². The molecule has 0 aliphatic heterocycles. The number of rotatable bonds is 5. The largest absolute Gasteiger partial charge is 0.350 e. The molecule has 0 radical (unpaired) electrons. The molecule has 19 heavy (non-hydrogen) atoms. The first kappa shape index (κ1) is 14.1. The van der Waals surface area contributed by atoms with Crippen molar-refractivity contribution in [2.24, 2.45) is 0 Å². The molecule has 4 nitrogen and oxygen atoms in total. The van der Waals surface area contributed by atoms with Crippen molar-refractivity contribution < 1.29 is 9.47 Å². The lowest BCUT2D eigenvalue weighted by Gasteiger charge is -2.13. The number of hydrogen-bond donors (Lipinski definition) is 0. The van der Waals surface area contributed by atoms with Gasteiger partial charge in [0.05, 0.1) is 5.69 Å². The van der Waals surface area contributed by atoms with E-state index >= 15 is 0 Å². The number of aromatic nitrogens is 2. The molecule has 2 aromatic rings. The second-order valence-electron chi connectivity index (χ2n) is 4.01. The zero-order valence-electron chi connectivity index (χ0n) is 10.8. The first-order valence-electron chi connectivity index (χ1n) is 5.85. The Morgan fingerprint density at radius 2 is 2.00 bits per heavy atom. The van der Waals surface area contributed by atoms with Gasteiger partial charge in [0.1, 0.15) is 5.82 Å². The fourth-order valence-corrected chi connectivity index (χ4v) is 2.25. The van der Waals surface area contributed by atoms with Crippen LogP contribution in [-0.2, 0) is 15.9 Å². The summed E-state index contributed by atoms with van der Waals surface area (Å²) in [6.45, 7) is 0. The summed E-state index contributed by atoms with van der Waals surface area (Å²) in [5.74, 6) is 0.745. The zero-order valence-corrected chi connectivity index (χ0v) is 12.4. The SMILES string of the molecule is COC(OC)c1ccnc(Cc2cccc(Br)c2)n1. The Bertz CT molecular complexity index is 544. The third-order valence-electron chi connectivity index (χ3n) is 2.65. The van der Waals surface area contributed by atoms with Gasteiger partial charge in [-0.3, -0.25) is 0 Å². The maximum atomic E-state index is 5.19. The first-order valence-corrected chi connectivity index (χ1v) is 6.64. The molecule has 0 aliphatic carbocycles. The first-order chi connectivity index (χ1) is 9.22. The molecular formula is C14H15BrN2O2. The number of halogens is 1. The van der Waals surface area contributed by atoms with Crippen molar-refractivity contribution in [3.8, 4) is 0 Å². The minimum absolute atomic E-state index is 0.454. The quantitative estimate of drug-likeness (QED) is 0.793. The molecule has 0 unspecified atom stereocenters. The second-order valence-corrected chi connectivity index (χ2v) is 4.92. The van der Waals surface area contributed by atoms with E-state index in [0.29, 0.717) is 6.42 Å². The third kappa shape index (κ3) is 3.83. The Labute approximate surface area is 120 Å². The molecule has 0 N–H and O–H groups in total. The molecule has 0 saturated heterocycles. The van der Waals surface area contributed by atoms with E-state index in [4.69, 9.17) is 9.47 Å². The summed E-state index contributed by atoms with van der Waals surface area (Å²) < 4.78 is 11.4. The molecule has 0 aliphatic rings. The molecule has 0 atom stereocenters. The van der Waals surface area contributed by atoms with Crippen molar-refractivity contribution in [1.82, 2.24) is 9.97 Å². The van der Waals surface area contributed by atoms with Crippen LogP contribution in [0.1, 0.15) is 23.4 Å². The van der Waals surface area contributed by atoms with E-state index in [0.717, 1.165) is 21.6 Å². The number of ether oxygens (including phenoxy) is 2. The summed E-state index contributed by atoms with van der Waals surface area (Å²) in [5.41, 5.74) is 1.88. The normalized spacial score (nSPS) is 10.9. The van der Waals surface area contributed by atoms with Crippen LogP contribution in [0.5, 0.6) is 0 Å². The number of nitrogens with zero attached hydrogens (tertiary/aromatic N) is 2. The van der Waals surface area contributed by atoms with Crippen LogP contribution in [-0.4, -0.2) is 24.2 Å². The Balaban J connectivity index is 2.19. The number of hydrogen-bond acceptors (Lipinski definition) is 4. The molecule has 100 valence electrons. The minimum atomic E-state index is -0.454. The predicted molar refractivity (Wildman–Crippen MR) is 75.7 cm³/mol. The predicted octanol–water partition coefficient (Wildman–Crippen LogP) is 3.12. The Hall–Kier alpha value is -1.30. The molecule has 0 spiro atoms. The van der Waals surface area contributed by atoms with Crippen molar-refractivity contribution in [2.45, 2.75) is 12.7 Å². The lowest BCUT2D eigenvalue weighted by molar-refractivity contribution is -0.108. The third-order valence-corrected chi connectivity index (χ3v) is 3.14. The molecule has 2 rings (SSSR count). The second kappa shape index (κ2) is 6.75. The molecule has 1 aromatic heterocycles. The van der Waals surface area contributed by atoms with Crippen LogP contribution in [0.25, 0.3) is 0 Å². The molecule has 0 saturated carbocycles. The molecular weight excluding hydrogens is 308 g/mol. The highest BCUT2D eigenvalue weighted by Crippen LogP contribution is 2.17. The summed E-state index contributed by atoms with van der Waals surface area (Å²) in [5, 5.41) is 0. The maximum absolute atomic E-state index is 5.19. The summed E-state index contributed by atoms with van der Waals surface area (Å²) in [7, 11) is 3.18. The fourth-order valence-electron chi connectivity index (χ4n) is 1.80. The van der Waals surface area contributed by atoms with Crippen LogP contribution in [0.15, 0.2) is 41.0 Å². The summed E-state index contributed by atoms with van der Waals surface area (Å²) >= 11 is 3.45. The van der Waals surface area contributed by atoms with Crippen LogP contribution < -0.4 is 0 Å². The van der Waals surface area contributed by atoms with Crippen LogP contribution in [0.3, 0.4) is 0 Å². The van der Waals surface area contributed by atoms with Gasteiger partial charge in [0.25, 0.3) is 0 Å². The van der Waals surface area contributed by atoms with Gasteiger partial charge in [0, 0.05) is 31.3 Å². The van der Waals surface area contributed by atoms with E-state index in [9.17, 15) is 0 Å². The van der Waals surface area contributed by atoms with Gasteiger partial charge >= 0.3 is 0 Å². The van der Waals surface area contributed by atoms with Crippen molar-refractivity contribution in [3.63, 3.8) is 0 Å². The molecule has 5 heteroatoms. The maximum Gasteiger partial charge on any atom is 0.200 e. The standard InChI is InChI=1S/C14H15BrN2O2/c1-18-14(19-2)12-6-7-16-13(17-12)9-10-4-3-5-11(15)8-10/h3-8,14H,9H2,1-2H3. The molecule has 0 fully saturated rings. The molecule has 0 amide bonds. The minimum Gasteiger partial charge on any atom is -0.350 e. The van der Waals surface area contributed by atoms with Gasteiger partial charge in [-0.1, -0.05) is 28.1 Å². The van der Waals surface area contributed by atoms with Crippen LogP contribution in [0.4, 0.5) is 0 Å². The van der Waals surface area contributed by atoms with E-state index in [1.165, 1.54) is 0 Å². The van der Waals surface area contributed by atoms with E-state index < -0.39 is 6.29 Å². The van der Waals surface area contributed by atoms with Crippen LogP contribution in [0, 0.1) is 0 Å². The van der Waals surface area contributed by atoms with E-state index in [1.54, 1.807) is 26.5 Å². The smallest absolute Gasteiger partial charge is 0.200 e. The lowest BCUT2D eigenvalue weighted by atomic mass is 10.1. The van der Waals surface area contributed by atoms with Crippen molar-refractivity contribution in [3.05, 3.63) is 58.1 Å². The Morgan fingerprint density at radius 1 is 1.21 bits per heavy atom. The van der Waals surface area contributed by atoms with Crippen molar-refractivity contribution in [2.75, 3.05) is 14.2 Å². The van der Waals surface area contributed by atoms with Gasteiger partial charge in [-0.05, 0) is 23.8 Å². The van der Waals surface area contributed by atoms with Crippen molar-refractivity contribution >= 4 is 15.9 Å². The zero-order chi connectivity index (χ0) is 13.7. The van der Waals surface area contributed by atoms with Gasteiger partial charge in [0.15, 0.2) is 0 Å². The van der Waals surface area contributed by atoms with E-state index in [2.05, 4.69) is 32.0 Å². The van der Waals surface area contributed by atoms with Crippen LogP contribution in [0.2, 0.25) is 0 Å². The van der Waals surface area contributed by atoms with Gasteiger partial charge in [-0.15, -0.1) is 0 Å². The lowest BCUT2D eigenvalue weighted by Crippen LogP contribution is -2.08. The highest BCUT2D eigenvalue weighted by molar-refractivity contribution is 9.10. The highest BCUT2D eigenvalue weighted by atomic mass is 79.9. The molecule has 1 heterocycles. The van der Waals surface area contributed by atoms with Crippen molar-refractivity contribution in [1.29, 1.82) is 0 Å². The fraction of sp³-hybridized carbons (Fsp3) is 0.286.